The topological polar surface area (TPSA) is 51.2 Å². The summed E-state index contributed by atoms with van der Waals surface area (Å²) in [5.74, 6) is -0.0183. The van der Waals surface area contributed by atoms with Crippen molar-refractivity contribution in [1.29, 1.82) is 0 Å². The molecule has 2 saturated heterocycles. The first-order valence-electron chi connectivity index (χ1n) is 5.60. The second kappa shape index (κ2) is 4.01. The Morgan fingerprint density at radius 1 is 1.47 bits per heavy atom. The summed E-state index contributed by atoms with van der Waals surface area (Å²) in [4.78, 5) is 0. The zero-order valence-corrected chi connectivity index (χ0v) is 9.60. The van der Waals surface area contributed by atoms with Crippen LogP contribution in [0.2, 0.25) is 0 Å². The zero-order valence-electron chi connectivity index (χ0n) is 9.60. The lowest BCUT2D eigenvalue weighted by Crippen LogP contribution is -2.23. The number of hydrogen-bond acceptors (Lipinski definition) is 4. The lowest BCUT2D eigenvalue weighted by Gasteiger charge is -2.18. The van der Waals surface area contributed by atoms with Crippen molar-refractivity contribution in [3.05, 3.63) is 0 Å². The van der Waals surface area contributed by atoms with Crippen LogP contribution in [0.4, 0.5) is 0 Å². The Morgan fingerprint density at radius 2 is 2.20 bits per heavy atom. The second-order valence-electron chi connectivity index (χ2n) is 4.99. The van der Waals surface area contributed by atoms with Crippen molar-refractivity contribution < 1.29 is 19.3 Å². The fourth-order valence-electron chi connectivity index (χ4n) is 2.23. The third kappa shape index (κ3) is 2.69. The molecule has 2 heterocycles. The first kappa shape index (κ1) is 11.3. The first-order chi connectivity index (χ1) is 7.02. The van der Waals surface area contributed by atoms with Crippen LogP contribution < -0.4 is 0 Å². The predicted molar refractivity (Wildman–Crippen MR) is 54.4 cm³/mol. The van der Waals surface area contributed by atoms with E-state index in [0.717, 1.165) is 6.42 Å². The third-order valence-electron chi connectivity index (χ3n) is 3.06. The maximum absolute atomic E-state index is 8.89. The Bertz CT molecular complexity index is 229. The molecule has 2 fully saturated rings. The van der Waals surface area contributed by atoms with E-state index in [4.69, 9.17) is 19.3 Å². The van der Waals surface area contributed by atoms with E-state index < -0.39 is 5.79 Å². The van der Waals surface area contributed by atoms with Gasteiger partial charge in [-0.15, -0.1) is 0 Å². The summed E-state index contributed by atoms with van der Waals surface area (Å²) in [6, 6.07) is 0. The summed E-state index contributed by atoms with van der Waals surface area (Å²) in [5.41, 5.74) is 0. The average molecular weight is 216 g/mol. The number of aliphatic hydroxyl groups excluding tert-OH is 1. The molecule has 0 radical (unpaired) electrons. The highest BCUT2D eigenvalue weighted by Gasteiger charge is 2.44. The van der Waals surface area contributed by atoms with Gasteiger partial charge < -0.3 is 19.3 Å². The highest BCUT2D eigenvalue weighted by atomic mass is 16.7. The molecule has 4 heteroatoms. The summed E-state index contributed by atoms with van der Waals surface area (Å²) in [6.45, 7) is 6.79. The number of hydrogen-bond donors (Lipinski definition) is 1. The lowest BCUT2D eigenvalue weighted by molar-refractivity contribution is -0.140. The van der Waals surface area contributed by atoms with E-state index in [1.54, 1.807) is 0 Å². The van der Waals surface area contributed by atoms with Gasteiger partial charge in [0.05, 0.1) is 25.4 Å². The van der Waals surface area contributed by atoms with Gasteiger partial charge in [0.15, 0.2) is 5.79 Å². The monoisotopic (exact) mass is 216 g/mol. The van der Waals surface area contributed by atoms with Crippen molar-refractivity contribution in [3.8, 4) is 0 Å². The van der Waals surface area contributed by atoms with E-state index in [0.29, 0.717) is 12.5 Å². The molecule has 2 rings (SSSR count). The van der Waals surface area contributed by atoms with Crippen molar-refractivity contribution in [1.82, 2.24) is 0 Å². The number of aliphatic hydroxyl groups is 1. The van der Waals surface area contributed by atoms with Crippen molar-refractivity contribution in [2.24, 2.45) is 5.92 Å². The molecule has 2 aliphatic heterocycles. The van der Waals surface area contributed by atoms with Gasteiger partial charge in [-0.3, -0.25) is 0 Å². The highest BCUT2D eigenvalue weighted by molar-refractivity contribution is 4.90. The van der Waals surface area contributed by atoms with E-state index >= 15 is 0 Å². The van der Waals surface area contributed by atoms with E-state index in [1.165, 1.54) is 0 Å². The average Bonchev–Trinajstić information content (AvgIpc) is 2.86. The highest BCUT2D eigenvalue weighted by Crippen LogP contribution is 2.34. The summed E-state index contributed by atoms with van der Waals surface area (Å²) in [5, 5.41) is 8.89. The Hall–Kier alpha value is -0.160. The summed E-state index contributed by atoms with van der Waals surface area (Å²) in [6.07, 6.45) is 1.36. The van der Waals surface area contributed by atoms with Crippen LogP contribution in [0, 0.1) is 5.92 Å². The van der Waals surface area contributed by atoms with Gasteiger partial charge in [-0.2, -0.15) is 0 Å². The van der Waals surface area contributed by atoms with Gasteiger partial charge in [0.2, 0.25) is 0 Å². The molecule has 88 valence electrons. The van der Waals surface area contributed by atoms with Crippen LogP contribution in [0.1, 0.15) is 27.2 Å². The van der Waals surface area contributed by atoms with Gasteiger partial charge in [0.1, 0.15) is 6.10 Å². The second-order valence-corrected chi connectivity index (χ2v) is 4.99. The maximum Gasteiger partial charge on any atom is 0.163 e. The molecule has 2 aliphatic rings. The Balaban J connectivity index is 1.74. The maximum atomic E-state index is 8.89. The van der Waals surface area contributed by atoms with Gasteiger partial charge in [-0.05, 0) is 26.2 Å². The van der Waals surface area contributed by atoms with Crippen LogP contribution >= 0.6 is 0 Å². The summed E-state index contributed by atoms with van der Waals surface area (Å²) < 4.78 is 16.6. The van der Waals surface area contributed by atoms with E-state index in [9.17, 15) is 0 Å². The van der Waals surface area contributed by atoms with Crippen LogP contribution in [0.25, 0.3) is 0 Å². The summed E-state index contributed by atoms with van der Waals surface area (Å²) in [7, 11) is 0. The minimum absolute atomic E-state index is 0.0512. The fourth-order valence-corrected chi connectivity index (χ4v) is 2.23. The Kier molecular flexibility index (Phi) is 3.03. The SMILES string of the molecule is C[C@H](C[C@@H]1COC(C)(C)O1)[C@H]1O[C@@H]1CO. The van der Waals surface area contributed by atoms with E-state index in [1.807, 2.05) is 13.8 Å². The molecule has 1 N–H and O–H groups in total. The van der Waals surface area contributed by atoms with Gasteiger partial charge in [-0.25, -0.2) is 0 Å². The molecule has 0 amide bonds. The van der Waals surface area contributed by atoms with E-state index in [-0.39, 0.29) is 24.9 Å². The quantitative estimate of drug-likeness (QED) is 0.710. The van der Waals surface area contributed by atoms with Gasteiger partial charge >= 0.3 is 0 Å². The standard InChI is InChI=1S/C11H20O4/c1-7(10-9(5-12)14-10)4-8-6-13-11(2,3)15-8/h7-10,12H,4-6H2,1-3H3/t7-,8-,9-,10-/m1/s1. The number of rotatable bonds is 4. The van der Waals surface area contributed by atoms with Crippen LogP contribution in [0.3, 0.4) is 0 Å². The third-order valence-corrected chi connectivity index (χ3v) is 3.06. The molecule has 0 spiro atoms. The molecule has 0 bridgehead atoms. The van der Waals surface area contributed by atoms with Crippen molar-refractivity contribution in [2.75, 3.05) is 13.2 Å². The molecule has 0 aliphatic carbocycles. The smallest absolute Gasteiger partial charge is 0.163 e. The van der Waals surface area contributed by atoms with Crippen molar-refractivity contribution in [2.45, 2.75) is 51.3 Å². The molecule has 0 aromatic rings. The van der Waals surface area contributed by atoms with Crippen LogP contribution in [0.5, 0.6) is 0 Å². The number of epoxide rings is 1. The Labute approximate surface area is 90.5 Å². The van der Waals surface area contributed by atoms with Crippen LogP contribution in [0.15, 0.2) is 0 Å². The molecule has 4 atom stereocenters. The van der Waals surface area contributed by atoms with Gasteiger partial charge in [0.25, 0.3) is 0 Å². The zero-order chi connectivity index (χ0) is 11.1. The van der Waals surface area contributed by atoms with E-state index in [2.05, 4.69) is 6.92 Å². The van der Waals surface area contributed by atoms with Gasteiger partial charge in [-0.1, -0.05) is 6.92 Å². The normalized spacial score (nSPS) is 40.4. The minimum Gasteiger partial charge on any atom is -0.394 e. The predicted octanol–water partition coefficient (Wildman–Crippen LogP) is 0.924. The summed E-state index contributed by atoms with van der Waals surface area (Å²) >= 11 is 0. The molecule has 4 nitrogen and oxygen atoms in total. The molecular formula is C11H20O4. The fraction of sp³-hybridized carbons (Fsp3) is 1.00. The van der Waals surface area contributed by atoms with Crippen LogP contribution in [-0.4, -0.2) is 42.4 Å². The molecule has 15 heavy (non-hydrogen) atoms. The molecule has 0 saturated carbocycles. The first-order valence-corrected chi connectivity index (χ1v) is 5.60. The lowest BCUT2D eigenvalue weighted by atomic mass is 9.98. The largest absolute Gasteiger partial charge is 0.394 e. The molecule has 0 aromatic heterocycles. The number of ether oxygens (including phenoxy) is 3. The molecule has 0 unspecified atom stereocenters. The van der Waals surface area contributed by atoms with Crippen molar-refractivity contribution >= 4 is 0 Å². The van der Waals surface area contributed by atoms with Crippen molar-refractivity contribution in [3.63, 3.8) is 0 Å². The van der Waals surface area contributed by atoms with Crippen LogP contribution in [-0.2, 0) is 14.2 Å². The molecule has 0 aromatic carbocycles. The Morgan fingerprint density at radius 3 is 2.67 bits per heavy atom. The minimum atomic E-state index is -0.439. The molecular weight excluding hydrogens is 196 g/mol. The van der Waals surface area contributed by atoms with Gasteiger partial charge in [0, 0.05) is 0 Å².